The van der Waals surface area contributed by atoms with E-state index in [0.717, 1.165) is 0 Å². The van der Waals surface area contributed by atoms with Crippen molar-refractivity contribution in [3.05, 3.63) is 24.3 Å². The summed E-state index contributed by atoms with van der Waals surface area (Å²) >= 11 is 0. The third-order valence-electron chi connectivity index (χ3n) is 3.48. The summed E-state index contributed by atoms with van der Waals surface area (Å²) < 4.78 is 9.37. The molecule has 0 atom stereocenters. The third kappa shape index (κ3) is 4.95. The molecule has 0 aromatic rings. The summed E-state index contributed by atoms with van der Waals surface area (Å²) in [7, 11) is 0. The van der Waals surface area contributed by atoms with Crippen molar-refractivity contribution in [3.8, 4) is 0 Å². The molecule has 1 aliphatic rings. The Morgan fingerprint density at radius 3 is 1.23 bits per heavy atom. The first-order valence-corrected chi connectivity index (χ1v) is 7.05. The molecule has 0 aromatic carbocycles. The minimum Gasteiger partial charge on any atom is -0.389 e. The van der Waals surface area contributed by atoms with Gasteiger partial charge in [0.05, 0.1) is 11.8 Å². The van der Waals surface area contributed by atoms with E-state index in [1.165, 1.54) is 13.8 Å². The Bertz CT molecular complexity index is 475. The van der Waals surface area contributed by atoms with Gasteiger partial charge in [-0.1, -0.05) is 13.2 Å². The van der Waals surface area contributed by atoms with Crippen LogP contribution in [0.3, 0.4) is 0 Å². The van der Waals surface area contributed by atoms with Crippen LogP contribution in [0.1, 0.15) is 39.5 Å². The summed E-state index contributed by atoms with van der Waals surface area (Å²) in [4.78, 5) is 46.2. The van der Waals surface area contributed by atoms with Gasteiger partial charge in [0, 0.05) is 11.1 Å². The van der Waals surface area contributed by atoms with Gasteiger partial charge in [0.2, 0.25) is 0 Å². The van der Waals surface area contributed by atoms with Crippen molar-refractivity contribution in [1.82, 2.24) is 0 Å². The van der Waals surface area contributed by atoms with E-state index in [4.69, 9.17) is 0 Å². The van der Waals surface area contributed by atoms with Crippen molar-refractivity contribution < 1.29 is 28.7 Å². The molecule has 0 amide bonds. The van der Waals surface area contributed by atoms with Crippen molar-refractivity contribution in [1.29, 1.82) is 0 Å². The first kappa shape index (κ1) is 17.8. The number of hydrogen-bond acceptors (Lipinski definition) is 6. The van der Waals surface area contributed by atoms with Gasteiger partial charge in [0.1, 0.15) is 0 Å². The van der Waals surface area contributed by atoms with Crippen molar-refractivity contribution >= 4 is 23.9 Å². The standard InChI is InChI=1S/C16H20O6/c1-9(2)13(17)21-15(19)11-5-7-12(8-6-11)16(20)22-14(18)10(3)4/h11-12H,1,3,5-8H2,2,4H3. The zero-order valence-electron chi connectivity index (χ0n) is 12.8. The van der Waals surface area contributed by atoms with Crippen molar-refractivity contribution in [3.63, 3.8) is 0 Å². The van der Waals surface area contributed by atoms with Crippen LogP contribution in [0.25, 0.3) is 0 Å². The van der Waals surface area contributed by atoms with Crippen LogP contribution in [0.2, 0.25) is 0 Å². The van der Waals surface area contributed by atoms with Gasteiger partial charge < -0.3 is 9.47 Å². The van der Waals surface area contributed by atoms with Gasteiger partial charge in [-0.2, -0.15) is 0 Å². The average molecular weight is 308 g/mol. The molecule has 0 bridgehead atoms. The molecule has 0 radical (unpaired) electrons. The fourth-order valence-corrected chi connectivity index (χ4v) is 2.09. The van der Waals surface area contributed by atoms with Gasteiger partial charge in [0.25, 0.3) is 0 Å². The van der Waals surface area contributed by atoms with Crippen LogP contribution in [0.15, 0.2) is 24.3 Å². The van der Waals surface area contributed by atoms with E-state index in [0.29, 0.717) is 25.7 Å². The fourth-order valence-electron chi connectivity index (χ4n) is 2.09. The van der Waals surface area contributed by atoms with Crippen LogP contribution in [-0.4, -0.2) is 23.9 Å². The van der Waals surface area contributed by atoms with Crippen LogP contribution in [0.5, 0.6) is 0 Å². The number of ether oxygens (including phenoxy) is 2. The van der Waals surface area contributed by atoms with E-state index in [9.17, 15) is 19.2 Å². The van der Waals surface area contributed by atoms with E-state index >= 15 is 0 Å². The minimum atomic E-state index is -0.737. The molecular formula is C16H20O6. The molecule has 0 saturated heterocycles. The van der Waals surface area contributed by atoms with Crippen LogP contribution in [0, 0.1) is 11.8 Å². The van der Waals surface area contributed by atoms with Gasteiger partial charge >= 0.3 is 23.9 Å². The molecule has 0 aliphatic heterocycles. The lowest BCUT2D eigenvalue weighted by Crippen LogP contribution is -2.30. The highest BCUT2D eigenvalue weighted by atomic mass is 16.6. The summed E-state index contributed by atoms with van der Waals surface area (Å²) in [6.45, 7) is 9.73. The summed E-state index contributed by atoms with van der Waals surface area (Å²) in [6.07, 6.45) is 1.62. The zero-order chi connectivity index (χ0) is 16.9. The molecule has 0 unspecified atom stereocenters. The van der Waals surface area contributed by atoms with E-state index in [1.807, 2.05) is 0 Å². The van der Waals surface area contributed by atoms with Gasteiger partial charge in [-0.05, 0) is 39.5 Å². The lowest BCUT2D eigenvalue weighted by atomic mass is 9.82. The molecule has 0 N–H and O–H groups in total. The Morgan fingerprint density at radius 2 is 1.00 bits per heavy atom. The Balaban J connectivity index is 2.46. The van der Waals surface area contributed by atoms with Crippen molar-refractivity contribution in [2.75, 3.05) is 0 Å². The molecule has 22 heavy (non-hydrogen) atoms. The fraction of sp³-hybridized carbons (Fsp3) is 0.500. The number of carbonyl (C=O) groups excluding carboxylic acids is 4. The molecule has 6 heteroatoms. The van der Waals surface area contributed by atoms with Crippen LogP contribution < -0.4 is 0 Å². The van der Waals surface area contributed by atoms with Gasteiger partial charge in [-0.25, -0.2) is 9.59 Å². The molecule has 120 valence electrons. The monoisotopic (exact) mass is 308 g/mol. The van der Waals surface area contributed by atoms with Gasteiger partial charge in [0.15, 0.2) is 0 Å². The smallest absolute Gasteiger partial charge is 0.340 e. The van der Waals surface area contributed by atoms with E-state index in [2.05, 4.69) is 22.6 Å². The topological polar surface area (TPSA) is 86.7 Å². The van der Waals surface area contributed by atoms with Gasteiger partial charge in [-0.3, -0.25) is 9.59 Å². The largest absolute Gasteiger partial charge is 0.389 e. The Labute approximate surface area is 129 Å². The molecule has 0 aromatic heterocycles. The second kappa shape index (κ2) is 7.68. The Morgan fingerprint density at radius 1 is 0.727 bits per heavy atom. The lowest BCUT2D eigenvalue weighted by Gasteiger charge is -2.25. The molecular weight excluding hydrogens is 288 g/mol. The van der Waals surface area contributed by atoms with E-state index in [1.54, 1.807) is 0 Å². The predicted molar refractivity (Wildman–Crippen MR) is 77.3 cm³/mol. The summed E-state index contributed by atoms with van der Waals surface area (Å²) in [5, 5.41) is 0. The minimum absolute atomic E-state index is 0.156. The normalized spacial score (nSPS) is 20.6. The average Bonchev–Trinajstić information content (AvgIpc) is 2.46. The number of hydrogen-bond donors (Lipinski definition) is 0. The highest BCUT2D eigenvalue weighted by Gasteiger charge is 2.33. The summed E-state index contributed by atoms with van der Waals surface area (Å²) in [6, 6.07) is 0. The number of rotatable bonds is 4. The Kier molecular flexibility index (Phi) is 6.22. The van der Waals surface area contributed by atoms with E-state index in [-0.39, 0.29) is 11.1 Å². The maximum absolute atomic E-state index is 11.8. The predicted octanol–water partition coefficient (Wildman–Crippen LogP) is 2.08. The number of carbonyl (C=O) groups is 4. The molecule has 1 rings (SSSR count). The first-order valence-electron chi connectivity index (χ1n) is 7.05. The third-order valence-corrected chi connectivity index (χ3v) is 3.48. The highest BCUT2D eigenvalue weighted by molar-refractivity contribution is 5.96. The second-order valence-corrected chi connectivity index (χ2v) is 5.53. The molecule has 0 heterocycles. The van der Waals surface area contributed by atoms with Crippen molar-refractivity contribution in [2.45, 2.75) is 39.5 Å². The maximum atomic E-state index is 11.8. The first-order chi connectivity index (χ1) is 10.2. The summed E-state index contributed by atoms with van der Waals surface area (Å²) in [5.74, 6) is -3.53. The molecule has 1 aliphatic carbocycles. The van der Waals surface area contributed by atoms with Crippen molar-refractivity contribution in [2.24, 2.45) is 11.8 Å². The van der Waals surface area contributed by atoms with Crippen LogP contribution in [-0.2, 0) is 28.7 Å². The van der Waals surface area contributed by atoms with Gasteiger partial charge in [-0.15, -0.1) is 0 Å². The Hall–Kier alpha value is -2.24. The lowest BCUT2D eigenvalue weighted by molar-refractivity contribution is -0.165. The molecule has 1 fully saturated rings. The van der Waals surface area contributed by atoms with Crippen LogP contribution >= 0.6 is 0 Å². The summed E-state index contributed by atoms with van der Waals surface area (Å²) in [5.41, 5.74) is 0.313. The SMILES string of the molecule is C=C(C)C(=O)OC(=O)C1CCC(C(=O)OC(=O)C(=C)C)CC1. The zero-order valence-corrected chi connectivity index (χ0v) is 12.8. The second-order valence-electron chi connectivity index (χ2n) is 5.53. The van der Waals surface area contributed by atoms with E-state index < -0.39 is 35.7 Å². The molecule has 1 saturated carbocycles. The maximum Gasteiger partial charge on any atom is 0.340 e. The van der Waals surface area contributed by atoms with Crippen LogP contribution in [0.4, 0.5) is 0 Å². The highest BCUT2D eigenvalue weighted by Crippen LogP contribution is 2.30. The molecule has 6 nitrogen and oxygen atoms in total. The quantitative estimate of drug-likeness (QED) is 0.449. The number of esters is 4. The molecule has 0 spiro atoms.